The highest BCUT2D eigenvalue weighted by molar-refractivity contribution is 7.22. The molecule has 242 valence electrons. The average Bonchev–Trinajstić information content (AvgIpc) is 3.99. The van der Waals surface area contributed by atoms with Crippen LogP contribution < -0.4 is 0 Å². The van der Waals surface area contributed by atoms with Crippen molar-refractivity contribution in [1.82, 2.24) is 0 Å². The van der Waals surface area contributed by atoms with Crippen molar-refractivity contribution >= 4 is 108 Å². The molecule has 0 N–H and O–H groups in total. The molecule has 0 spiro atoms. The minimum absolute atomic E-state index is 0.899. The molecule has 0 saturated heterocycles. The maximum absolute atomic E-state index is 6.55. The lowest BCUT2D eigenvalue weighted by molar-refractivity contribution is 0.672. The van der Waals surface area contributed by atoms with Gasteiger partial charge in [-0.05, 0) is 129 Å². The van der Waals surface area contributed by atoms with Crippen molar-refractivity contribution < 1.29 is 8.83 Å². The smallest absolute Gasteiger partial charge is 0.143 e. The SMILES string of the molecule is c1ccc2sc(-c3ccc4c(ccc5c6cc(-c7ccc8oc9c%10ccc(-c%11cc%12ccccc%12s%11)cc%10ccc9c8c7)ccc6oc45)c3)cc2c1. The highest BCUT2D eigenvalue weighted by Gasteiger charge is 2.16. The number of thiophene rings is 2. The molecule has 2 nitrogen and oxygen atoms in total. The molecule has 0 aliphatic carbocycles. The summed E-state index contributed by atoms with van der Waals surface area (Å²) in [5, 5.41) is 11.7. The number of hydrogen-bond acceptors (Lipinski definition) is 4. The van der Waals surface area contributed by atoms with Crippen molar-refractivity contribution in [2.24, 2.45) is 0 Å². The largest absolute Gasteiger partial charge is 0.455 e. The number of benzene rings is 8. The monoisotopic (exact) mass is 698 g/mol. The highest BCUT2D eigenvalue weighted by atomic mass is 32.1. The molecule has 12 aromatic rings. The molecule has 0 saturated carbocycles. The Hall–Kier alpha value is -6.20. The summed E-state index contributed by atoms with van der Waals surface area (Å²) in [5.74, 6) is 0. The van der Waals surface area contributed by atoms with Crippen LogP contribution in [0.4, 0.5) is 0 Å². The number of fused-ring (bicyclic) bond motifs is 12. The van der Waals surface area contributed by atoms with Gasteiger partial charge < -0.3 is 8.83 Å². The summed E-state index contributed by atoms with van der Waals surface area (Å²) in [6.07, 6.45) is 0. The molecule has 52 heavy (non-hydrogen) atoms. The summed E-state index contributed by atoms with van der Waals surface area (Å²) in [4.78, 5) is 2.57. The molecule has 0 fully saturated rings. The van der Waals surface area contributed by atoms with E-state index in [1.54, 1.807) is 0 Å². The van der Waals surface area contributed by atoms with Crippen molar-refractivity contribution in [3.8, 4) is 32.0 Å². The summed E-state index contributed by atoms with van der Waals surface area (Å²) >= 11 is 3.68. The molecule has 4 heteroatoms. The van der Waals surface area contributed by atoms with E-state index in [0.29, 0.717) is 0 Å². The van der Waals surface area contributed by atoms with E-state index in [9.17, 15) is 0 Å². The molecule has 0 atom stereocenters. The minimum Gasteiger partial charge on any atom is -0.455 e. The topological polar surface area (TPSA) is 26.3 Å². The quantitative estimate of drug-likeness (QED) is 0.184. The zero-order valence-corrected chi connectivity index (χ0v) is 29.3. The summed E-state index contributed by atoms with van der Waals surface area (Å²) in [7, 11) is 0. The Kier molecular flexibility index (Phi) is 5.84. The molecule has 4 heterocycles. The second-order valence-corrected chi connectivity index (χ2v) is 15.8. The average molecular weight is 699 g/mol. The lowest BCUT2D eigenvalue weighted by atomic mass is 9.98. The van der Waals surface area contributed by atoms with E-state index in [2.05, 4.69) is 158 Å². The van der Waals surface area contributed by atoms with Gasteiger partial charge in [-0.2, -0.15) is 0 Å². The number of rotatable bonds is 3. The maximum Gasteiger partial charge on any atom is 0.143 e. The third kappa shape index (κ3) is 4.23. The van der Waals surface area contributed by atoms with Crippen molar-refractivity contribution in [2.45, 2.75) is 0 Å². The first-order chi connectivity index (χ1) is 25.7. The van der Waals surface area contributed by atoms with Gasteiger partial charge in [0.2, 0.25) is 0 Å². The lowest BCUT2D eigenvalue weighted by Crippen LogP contribution is -1.79. The molecule has 0 amide bonds. The van der Waals surface area contributed by atoms with Crippen LogP contribution in [-0.4, -0.2) is 0 Å². The van der Waals surface area contributed by atoms with Gasteiger partial charge in [0.25, 0.3) is 0 Å². The van der Waals surface area contributed by atoms with Crippen LogP contribution in [-0.2, 0) is 0 Å². The standard InChI is InChI=1S/C48H26O2S2/c1-3-7-43-31(5-1)25-45(51-43)33-11-15-35-29(21-33)9-17-37-39-23-27(13-19-41(39)49-47(35)37)28-14-20-42-40(24-28)38-18-10-30-22-34(12-16-36(30)48(38)50-42)46-26-32-6-2-4-8-44(32)52-46/h1-26H. The molecular formula is C48H26O2S2. The van der Waals surface area contributed by atoms with Gasteiger partial charge >= 0.3 is 0 Å². The van der Waals surface area contributed by atoms with E-state index in [1.165, 1.54) is 51.8 Å². The molecule has 0 radical (unpaired) electrons. The summed E-state index contributed by atoms with van der Waals surface area (Å²) in [6.45, 7) is 0. The summed E-state index contributed by atoms with van der Waals surface area (Å²) < 4.78 is 15.7. The van der Waals surface area contributed by atoms with Crippen LogP contribution >= 0.6 is 22.7 Å². The van der Waals surface area contributed by atoms with E-state index in [0.717, 1.165) is 65.8 Å². The number of furan rings is 2. The maximum atomic E-state index is 6.55. The molecule has 8 aromatic carbocycles. The Balaban J connectivity index is 0.929. The van der Waals surface area contributed by atoms with Crippen LogP contribution in [0, 0.1) is 0 Å². The Morgan fingerprint density at radius 1 is 0.308 bits per heavy atom. The molecule has 4 aromatic heterocycles. The van der Waals surface area contributed by atoms with Crippen LogP contribution in [0.1, 0.15) is 0 Å². The normalized spacial score (nSPS) is 12.2. The second kappa shape index (κ2) is 10.7. The Bertz CT molecular complexity index is 3130. The fourth-order valence-electron chi connectivity index (χ4n) is 8.04. The van der Waals surface area contributed by atoms with Gasteiger partial charge in [0.05, 0.1) is 0 Å². The van der Waals surface area contributed by atoms with Crippen molar-refractivity contribution in [3.05, 3.63) is 158 Å². The summed E-state index contributed by atoms with van der Waals surface area (Å²) in [6, 6.07) is 57.2. The van der Waals surface area contributed by atoms with Crippen LogP contribution in [0.3, 0.4) is 0 Å². The van der Waals surface area contributed by atoms with Crippen LogP contribution in [0.5, 0.6) is 0 Å². The zero-order chi connectivity index (χ0) is 33.9. The minimum atomic E-state index is 0.899. The third-order valence-corrected chi connectivity index (χ3v) is 13.0. The first-order valence-corrected chi connectivity index (χ1v) is 19.1. The van der Waals surface area contributed by atoms with Crippen LogP contribution in [0.2, 0.25) is 0 Å². The Morgan fingerprint density at radius 2 is 0.750 bits per heavy atom. The summed E-state index contributed by atoms with van der Waals surface area (Å²) in [5.41, 5.74) is 8.45. The third-order valence-electron chi connectivity index (χ3n) is 10.7. The van der Waals surface area contributed by atoms with E-state index in [1.807, 2.05) is 22.7 Å². The Labute approximate surface area is 305 Å². The highest BCUT2D eigenvalue weighted by Crippen LogP contribution is 2.42. The fourth-order valence-corrected chi connectivity index (χ4v) is 10.2. The predicted octanol–water partition coefficient (Wildman–Crippen LogP) is 15.2. The predicted molar refractivity (Wildman–Crippen MR) is 223 cm³/mol. The van der Waals surface area contributed by atoms with Gasteiger partial charge in [0.1, 0.15) is 22.3 Å². The van der Waals surface area contributed by atoms with E-state index in [4.69, 9.17) is 8.83 Å². The molecular weight excluding hydrogens is 673 g/mol. The molecule has 0 bridgehead atoms. The van der Waals surface area contributed by atoms with E-state index in [-0.39, 0.29) is 0 Å². The van der Waals surface area contributed by atoms with E-state index >= 15 is 0 Å². The van der Waals surface area contributed by atoms with E-state index < -0.39 is 0 Å². The zero-order valence-electron chi connectivity index (χ0n) is 27.6. The molecule has 0 unspecified atom stereocenters. The lowest BCUT2D eigenvalue weighted by Gasteiger charge is -2.04. The van der Waals surface area contributed by atoms with Crippen molar-refractivity contribution in [2.75, 3.05) is 0 Å². The fraction of sp³-hybridized carbons (Fsp3) is 0. The van der Waals surface area contributed by atoms with Gasteiger partial charge in [-0.15, -0.1) is 22.7 Å². The molecule has 0 aliphatic rings. The van der Waals surface area contributed by atoms with Gasteiger partial charge in [-0.3, -0.25) is 0 Å². The first kappa shape index (κ1) is 28.5. The Morgan fingerprint density at radius 3 is 1.23 bits per heavy atom. The van der Waals surface area contributed by atoms with Gasteiger partial charge in [0, 0.05) is 51.5 Å². The van der Waals surface area contributed by atoms with Gasteiger partial charge in [-0.1, -0.05) is 72.8 Å². The van der Waals surface area contributed by atoms with Gasteiger partial charge in [0.15, 0.2) is 0 Å². The van der Waals surface area contributed by atoms with Crippen molar-refractivity contribution in [1.29, 1.82) is 0 Å². The molecule has 12 rings (SSSR count). The van der Waals surface area contributed by atoms with Crippen molar-refractivity contribution in [3.63, 3.8) is 0 Å². The van der Waals surface area contributed by atoms with Gasteiger partial charge in [-0.25, -0.2) is 0 Å². The van der Waals surface area contributed by atoms with Crippen LogP contribution in [0.15, 0.2) is 167 Å². The molecule has 0 aliphatic heterocycles. The van der Waals surface area contributed by atoms with Crippen LogP contribution in [0.25, 0.3) is 118 Å². The number of hydrogen-bond donors (Lipinski definition) is 0. The first-order valence-electron chi connectivity index (χ1n) is 17.5. The second-order valence-electron chi connectivity index (χ2n) is 13.7.